The van der Waals surface area contributed by atoms with Crippen molar-refractivity contribution in [2.45, 2.75) is 19.3 Å². The SMILES string of the molecule is COc1ccc(Cl)cc1NC(=O)CC(=O)N1CCCC1. The number of rotatable bonds is 4. The van der Waals surface area contributed by atoms with Crippen molar-refractivity contribution in [1.29, 1.82) is 0 Å². The molecule has 1 aliphatic rings. The maximum Gasteiger partial charge on any atom is 0.233 e. The number of nitrogens with one attached hydrogen (secondary N) is 1. The van der Waals surface area contributed by atoms with Crippen LogP contribution >= 0.6 is 11.6 Å². The third kappa shape index (κ3) is 3.63. The molecule has 1 saturated heterocycles. The highest BCUT2D eigenvalue weighted by atomic mass is 35.5. The van der Waals surface area contributed by atoms with E-state index in [0.717, 1.165) is 25.9 Å². The first-order valence-electron chi connectivity index (χ1n) is 6.51. The number of methoxy groups -OCH3 is 1. The fourth-order valence-corrected chi connectivity index (χ4v) is 2.36. The van der Waals surface area contributed by atoms with Gasteiger partial charge in [0.2, 0.25) is 11.8 Å². The van der Waals surface area contributed by atoms with Gasteiger partial charge in [-0.25, -0.2) is 0 Å². The monoisotopic (exact) mass is 296 g/mol. The number of hydrogen-bond acceptors (Lipinski definition) is 3. The lowest BCUT2D eigenvalue weighted by molar-refractivity contribution is -0.133. The molecule has 1 fully saturated rings. The highest BCUT2D eigenvalue weighted by Crippen LogP contribution is 2.27. The second-order valence-electron chi connectivity index (χ2n) is 4.66. The Kier molecular flexibility index (Phi) is 4.84. The highest BCUT2D eigenvalue weighted by Gasteiger charge is 2.20. The van der Waals surface area contributed by atoms with Gasteiger partial charge >= 0.3 is 0 Å². The van der Waals surface area contributed by atoms with Crippen molar-refractivity contribution < 1.29 is 14.3 Å². The minimum atomic E-state index is -0.359. The van der Waals surface area contributed by atoms with Crippen LogP contribution in [0.15, 0.2) is 18.2 Å². The van der Waals surface area contributed by atoms with E-state index in [1.165, 1.54) is 7.11 Å². The third-order valence-electron chi connectivity index (χ3n) is 3.21. The standard InChI is InChI=1S/C14H17ClN2O3/c1-20-12-5-4-10(15)8-11(12)16-13(18)9-14(19)17-6-2-3-7-17/h4-5,8H,2-3,6-7,9H2,1H3,(H,16,18). The van der Waals surface area contributed by atoms with Crippen LogP contribution in [-0.2, 0) is 9.59 Å². The van der Waals surface area contributed by atoms with Gasteiger partial charge in [-0.3, -0.25) is 9.59 Å². The van der Waals surface area contributed by atoms with E-state index < -0.39 is 0 Å². The molecule has 2 amide bonds. The summed E-state index contributed by atoms with van der Waals surface area (Å²) >= 11 is 5.88. The molecule has 0 radical (unpaired) electrons. The zero-order valence-electron chi connectivity index (χ0n) is 11.3. The summed E-state index contributed by atoms with van der Waals surface area (Å²) in [5, 5.41) is 3.15. The van der Waals surface area contributed by atoms with Crippen molar-refractivity contribution in [1.82, 2.24) is 4.90 Å². The largest absolute Gasteiger partial charge is 0.495 e. The number of ether oxygens (including phenoxy) is 1. The molecule has 2 rings (SSSR count). The van der Waals surface area contributed by atoms with E-state index in [0.29, 0.717) is 16.5 Å². The van der Waals surface area contributed by atoms with Gasteiger partial charge in [0.15, 0.2) is 0 Å². The lowest BCUT2D eigenvalue weighted by atomic mass is 10.2. The zero-order chi connectivity index (χ0) is 14.5. The van der Waals surface area contributed by atoms with Gasteiger partial charge in [0.25, 0.3) is 0 Å². The Morgan fingerprint density at radius 2 is 2.05 bits per heavy atom. The Labute approximate surface area is 122 Å². The van der Waals surface area contributed by atoms with E-state index >= 15 is 0 Å². The van der Waals surface area contributed by atoms with E-state index in [2.05, 4.69) is 5.32 Å². The molecule has 5 nitrogen and oxygen atoms in total. The maximum atomic E-state index is 11.9. The first kappa shape index (κ1) is 14.7. The van der Waals surface area contributed by atoms with Crippen molar-refractivity contribution in [3.63, 3.8) is 0 Å². The summed E-state index contributed by atoms with van der Waals surface area (Å²) in [4.78, 5) is 25.5. The van der Waals surface area contributed by atoms with Crippen LogP contribution in [0.1, 0.15) is 19.3 Å². The smallest absolute Gasteiger partial charge is 0.233 e. The molecule has 0 aliphatic carbocycles. The number of hydrogen-bond donors (Lipinski definition) is 1. The number of nitrogens with zero attached hydrogens (tertiary/aromatic N) is 1. The topological polar surface area (TPSA) is 58.6 Å². The summed E-state index contributed by atoms with van der Waals surface area (Å²) in [5.74, 6) is 0.0137. The number of halogens is 1. The first-order chi connectivity index (χ1) is 9.60. The molecule has 0 atom stereocenters. The van der Waals surface area contributed by atoms with Crippen LogP contribution in [-0.4, -0.2) is 36.9 Å². The molecular weight excluding hydrogens is 280 g/mol. The molecule has 6 heteroatoms. The summed E-state index contributed by atoms with van der Waals surface area (Å²) in [5.41, 5.74) is 0.472. The van der Waals surface area contributed by atoms with Gasteiger partial charge < -0.3 is 15.0 Å². The summed E-state index contributed by atoms with van der Waals surface area (Å²) in [6.45, 7) is 1.49. The summed E-state index contributed by atoms with van der Waals surface area (Å²) in [6, 6.07) is 4.93. The van der Waals surface area contributed by atoms with Crippen molar-refractivity contribution in [2.24, 2.45) is 0 Å². The Balaban J connectivity index is 1.97. The van der Waals surface area contributed by atoms with E-state index in [4.69, 9.17) is 16.3 Å². The molecule has 20 heavy (non-hydrogen) atoms. The molecule has 0 unspecified atom stereocenters. The fourth-order valence-electron chi connectivity index (χ4n) is 2.19. The van der Waals surface area contributed by atoms with Gasteiger partial charge in [0, 0.05) is 18.1 Å². The number of amides is 2. The number of likely N-dealkylation sites (tertiary alicyclic amines) is 1. The molecule has 1 heterocycles. The molecule has 1 aliphatic heterocycles. The van der Waals surface area contributed by atoms with Gasteiger partial charge in [0.1, 0.15) is 12.2 Å². The number of carbonyl (C=O) groups excluding carboxylic acids is 2. The quantitative estimate of drug-likeness (QED) is 0.867. The number of anilines is 1. The van der Waals surface area contributed by atoms with Crippen LogP contribution in [0.25, 0.3) is 0 Å². The Morgan fingerprint density at radius 1 is 1.35 bits per heavy atom. The normalized spacial score (nSPS) is 14.2. The predicted molar refractivity (Wildman–Crippen MR) is 77.1 cm³/mol. The molecule has 1 aromatic carbocycles. The maximum absolute atomic E-state index is 11.9. The molecule has 1 aromatic rings. The summed E-state index contributed by atoms with van der Waals surface area (Å²) in [7, 11) is 1.51. The molecule has 108 valence electrons. The van der Waals surface area contributed by atoms with Crippen LogP contribution in [0.4, 0.5) is 5.69 Å². The molecular formula is C14H17ClN2O3. The summed E-state index contributed by atoms with van der Waals surface area (Å²) < 4.78 is 5.14. The van der Waals surface area contributed by atoms with Gasteiger partial charge in [-0.1, -0.05) is 11.6 Å². The molecule has 1 N–H and O–H groups in total. The molecule has 0 saturated carbocycles. The van der Waals surface area contributed by atoms with Gasteiger partial charge in [-0.05, 0) is 31.0 Å². The van der Waals surface area contributed by atoms with Crippen molar-refractivity contribution in [3.8, 4) is 5.75 Å². The van der Waals surface area contributed by atoms with Crippen LogP contribution in [0, 0.1) is 0 Å². The average molecular weight is 297 g/mol. The van der Waals surface area contributed by atoms with Crippen LogP contribution in [0.3, 0.4) is 0 Å². The lowest BCUT2D eigenvalue weighted by Crippen LogP contribution is -2.31. The Morgan fingerprint density at radius 3 is 2.70 bits per heavy atom. The lowest BCUT2D eigenvalue weighted by Gasteiger charge is -2.15. The number of benzene rings is 1. The van der Waals surface area contributed by atoms with Crippen molar-refractivity contribution in [3.05, 3.63) is 23.2 Å². The fraction of sp³-hybridized carbons (Fsp3) is 0.429. The van der Waals surface area contributed by atoms with E-state index in [-0.39, 0.29) is 18.2 Å². The van der Waals surface area contributed by atoms with Gasteiger partial charge in [0.05, 0.1) is 12.8 Å². The Bertz CT molecular complexity index is 513. The molecule has 0 spiro atoms. The second kappa shape index (κ2) is 6.61. The molecule has 0 bridgehead atoms. The predicted octanol–water partition coefficient (Wildman–Crippen LogP) is 2.30. The summed E-state index contributed by atoms with van der Waals surface area (Å²) in [6.07, 6.45) is 1.86. The third-order valence-corrected chi connectivity index (χ3v) is 3.44. The number of carbonyl (C=O) groups is 2. The van der Waals surface area contributed by atoms with Crippen LogP contribution in [0.5, 0.6) is 5.75 Å². The van der Waals surface area contributed by atoms with Gasteiger partial charge in [-0.15, -0.1) is 0 Å². The van der Waals surface area contributed by atoms with E-state index in [1.54, 1.807) is 23.1 Å². The van der Waals surface area contributed by atoms with Crippen molar-refractivity contribution in [2.75, 3.05) is 25.5 Å². The minimum absolute atomic E-state index is 0.138. The second-order valence-corrected chi connectivity index (χ2v) is 5.09. The van der Waals surface area contributed by atoms with Gasteiger partial charge in [-0.2, -0.15) is 0 Å². The molecule has 0 aromatic heterocycles. The minimum Gasteiger partial charge on any atom is -0.495 e. The van der Waals surface area contributed by atoms with Crippen LogP contribution in [0.2, 0.25) is 5.02 Å². The van der Waals surface area contributed by atoms with E-state index in [1.807, 2.05) is 0 Å². The van der Waals surface area contributed by atoms with Crippen LogP contribution < -0.4 is 10.1 Å². The Hall–Kier alpha value is -1.75. The van der Waals surface area contributed by atoms with E-state index in [9.17, 15) is 9.59 Å². The zero-order valence-corrected chi connectivity index (χ0v) is 12.1. The first-order valence-corrected chi connectivity index (χ1v) is 6.89. The highest BCUT2D eigenvalue weighted by molar-refractivity contribution is 6.31. The average Bonchev–Trinajstić information content (AvgIpc) is 2.92. The van der Waals surface area contributed by atoms with Crippen molar-refractivity contribution >= 4 is 29.1 Å².